The van der Waals surface area contributed by atoms with Crippen LogP contribution in [0.3, 0.4) is 0 Å². The highest BCUT2D eigenvalue weighted by molar-refractivity contribution is 9.11. The van der Waals surface area contributed by atoms with Crippen molar-refractivity contribution < 1.29 is 9.68 Å². The molecular formula is C32H23BBr3O2. The van der Waals surface area contributed by atoms with Gasteiger partial charge in [-0.3, -0.25) is 0 Å². The summed E-state index contributed by atoms with van der Waals surface area (Å²) in [5.41, 5.74) is 2.54. The number of para-hydroxylation sites is 1. The number of hydrogen-bond acceptors (Lipinski definition) is 2. The lowest BCUT2D eigenvalue weighted by atomic mass is 9.98. The molecule has 1 N–H and O–H groups in total. The Morgan fingerprint density at radius 2 is 0.842 bits per heavy atom. The van der Waals surface area contributed by atoms with Crippen LogP contribution in [-0.4, -0.2) is 12.7 Å². The van der Waals surface area contributed by atoms with E-state index in [-0.39, 0.29) is 0 Å². The molecule has 187 valence electrons. The van der Waals surface area contributed by atoms with Gasteiger partial charge in [0, 0.05) is 13.4 Å². The zero-order valence-electron chi connectivity index (χ0n) is 20.3. The summed E-state index contributed by atoms with van der Waals surface area (Å²) in [5.74, 6) is 0.639. The fraction of sp³-hybridized carbons (Fsp3) is 0. The van der Waals surface area contributed by atoms with Crippen molar-refractivity contribution in [3.8, 4) is 16.9 Å². The first-order chi connectivity index (χ1) is 18.6. The van der Waals surface area contributed by atoms with Crippen LogP contribution >= 0.6 is 47.8 Å². The van der Waals surface area contributed by atoms with Crippen molar-refractivity contribution in [2.45, 2.75) is 0 Å². The van der Waals surface area contributed by atoms with Gasteiger partial charge in [0.15, 0.2) is 0 Å². The molecule has 6 heteroatoms. The van der Waals surface area contributed by atoms with Gasteiger partial charge in [0.25, 0.3) is 0 Å². The van der Waals surface area contributed by atoms with Gasteiger partial charge < -0.3 is 9.68 Å². The van der Waals surface area contributed by atoms with Gasteiger partial charge in [-0.15, -0.1) is 0 Å². The first kappa shape index (κ1) is 28.1. The van der Waals surface area contributed by atoms with Crippen LogP contribution in [0.25, 0.3) is 32.7 Å². The third-order valence-electron chi connectivity index (χ3n) is 5.71. The number of rotatable bonds is 3. The van der Waals surface area contributed by atoms with Crippen LogP contribution in [-0.2, 0) is 0 Å². The number of halogens is 3. The Labute approximate surface area is 249 Å². The van der Waals surface area contributed by atoms with E-state index in [1.54, 1.807) is 12.1 Å². The number of benzene rings is 6. The minimum absolute atomic E-state index is 0.639. The predicted octanol–water partition coefficient (Wildman–Crippen LogP) is 10.2. The molecule has 0 spiro atoms. The average molecular weight is 690 g/mol. The topological polar surface area (TPSA) is 29.5 Å². The Kier molecular flexibility index (Phi) is 10.6. The number of hydrogen-bond donors (Lipinski definition) is 1. The molecule has 6 rings (SSSR count). The molecule has 0 saturated carbocycles. The highest BCUT2D eigenvalue weighted by atomic mass is 79.9. The molecule has 0 fully saturated rings. The summed E-state index contributed by atoms with van der Waals surface area (Å²) in [6.45, 7) is 0. The van der Waals surface area contributed by atoms with Crippen molar-refractivity contribution in [2.75, 3.05) is 0 Å². The van der Waals surface area contributed by atoms with Gasteiger partial charge >= 0.3 is 7.69 Å². The largest absolute Gasteiger partial charge is 0.569 e. The minimum atomic E-state index is 0.639. The number of fused-ring (bicyclic) bond motifs is 2. The molecule has 0 atom stereocenters. The lowest BCUT2D eigenvalue weighted by molar-refractivity contribution is 0.454. The van der Waals surface area contributed by atoms with E-state index in [1.165, 1.54) is 32.7 Å². The van der Waals surface area contributed by atoms with Crippen molar-refractivity contribution >= 4 is 77.0 Å². The lowest BCUT2D eigenvalue weighted by Gasteiger charge is -2.08. The second kappa shape index (κ2) is 14.3. The Morgan fingerprint density at radius 3 is 1.34 bits per heavy atom. The molecule has 38 heavy (non-hydrogen) atoms. The van der Waals surface area contributed by atoms with Crippen molar-refractivity contribution in [1.82, 2.24) is 0 Å². The second-order valence-electron chi connectivity index (χ2n) is 8.12. The van der Waals surface area contributed by atoms with E-state index in [0.29, 0.717) is 13.4 Å². The smallest absolute Gasteiger partial charge is 0.537 e. The summed E-state index contributed by atoms with van der Waals surface area (Å²) in [5, 5.41) is 13.2. The van der Waals surface area contributed by atoms with Gasteiger partial charge in [0.05, 0.1) is 5.75 Å². The molecule has 0 aliphatic rings. The van der Waals surface area contributed by atoms with Gasteiger partial charge in [-0.2, -0.15) is 0 Å². The van der Waals surface area contributed by atoms with Crippen LogP contribution in [0.5, 0.6) is 5.75 Å². The molecule has 0 aliphatic heterocycles. The van der Waals surface area contributed by atoms with Crippen LogP contribution in [0.4, 0.5) is 0 Å². The minimum Gasteiger partial charge on any atom is -0.537 e. The van der Waals surface area contributed by atoms with Crippen LogP contribution in [0.1, 0.15) is 0 Å². The van der Waals surface area contributed by atoms with Crippen LogP contribution in [0.15, 0.2) is 147 Å². The second-order valence-corrected chi connectivity index (χ2v) is 10.7. The van der Waals surface area contributed by atoms with Gasteiger partial charge in [0.1, 0.15) is 0 Å². The fourth-order valence-electron chi connectivity index (χ4n) is 3.92. The van der Waals surface area contributed by atoms with Gasteiger partial charge in [0.2, 0.25) is 0 Å². The zero-order valence-corrected chi connectivity index (χ0v) is 25.0. The first-order valence-corrected chi connectivity index (χ1v) is 14.2. The predicted molar refractivity (Wildman–Crippen MR) is 171 cm³/mol. The highest BCUT2D eigenvalue weighted by Crippen LogP contribution is 2.33. The Hall–Kier alpha value is -2.90. The molecule has 6 aromatic carbocycles. The zero-order chi connectivity index (χ0) is 26.7. The van der Waals surface area contributed by atoms with Crippen molar-refractivity contribution in [3.63, 3.8) is 0 Å². The van der Waals surface area contributed by atoms with Crippen molar-refractivity contribution in [2.24, 2.45) is 0 Å². The summed E-state index contributed by atoms with van der Waals surface area (Å²) in [6, 6.07) is 44.7. The first-order valence-electron chi connectivity index (χ1n) is 11.8. The van der Waals surface area contributed by atoms with Crippen molar-refractivity contribution in [1.29, 1.82) is 0 Å². The molecule has 0 bridgehead atoms. The Balaban J connectivity index is 0.000000141. The standard InChI is InChI=1S/C16H11Br.C10H6Br2.C6H6BO2/c17-16-11-10-13(12-6-2-1-3-7-12)14-8-4-5-9-15(14)16;11-9-5-6-10(12)8-4-2-1-3-7(8)9;8-7-9-6-4-2-1-3-5-6/h1-11H;1-6H;1-5,8H. The molecule has 6 aromatic rings. The molecule has 0 aromatic heterocycles. The van der Waals surface area contributed by atoms with E-state index in [9.17, 15) is 0 Å². The third-order valence-corrected chi connectivity index (χ3v) is 7.78. The Bertz CT molecular complexity index is 1570. The Morgan fingerprint density at radius 1 is 0.447 bits per heavy atom. The van der Waals surface area contributed by atoms with E-state index >= 15 is 0 Å². The monoisotopic (exact) mass is 687 g/mol. The van der Waals surface area contributed by atoms with Crippen LogP contribution in [0, 0.1) is 0 Å². The maximum absolute atomic E-state index is 8.17. The third kappa shape index (κ3) is 7.36. The summed E-state index contributed by atoms with van der Waals surface area (Å²) in [7, 11) is 0.662. The molecule has 2 nitrogen and oxygen atoms in total. The van der Waals surface area contributed by atoms with Crippen LogP contribution in [0.2, 0.25) is 0 Å². The summed E-state index contributed by atoms with van der Waals surface area (Å²) < 4.78 is 8.06. The molecule has 0 unspecified atom stereocenters. The molecular weight excluding hydrogens is 667 g/mol. The van der Waals surface area contributed by atoms with E-state index < -0.39 is 0 Å². The van der Waals surface area contributed by atoms with E-state index in [2.05, 4.69) is 125 Å². The maximum atomic E-state index is 8.17. The van der Waals surface area contributed by atoms with Gasteiger partial charge in [-0.1, -0.05) is 151 Å². The average Bonchev–Trinajstić information content (AvgIpc) is 2.98. The fourth-order valence-corrected chi connectivity index (χ4v) is 5.35. The van der Waals surface area contributed by atoms with E-state index in [1.807, 2.05) is 48.5 Å². The molecule has 0 heterocycles. The van der Waals surface area contributed by atoms with E-state index in [0.717, 1.165) is 13.4 Å². The maximum Gasteiger partial charge on any atom is 0.569 e. The van der Waals surface area contributed by atoms with Gasteiger partial charge in [-0.25, -0.2) is 0 Å². The van der Waals surface area contributed by atoms with Crippen LogP contribution < -0.4 is 4.65 Å². The normalized spacial score (nSPS) is 10.1. The van der Waals surface area contributed by atoms with E-state index in [4.69, 9.17) is 5.02 Å². The summed E-state index contributed by atoms with van der Waals surface area (Å²) in [4.78, 5) is 0. The molecule has 1 radical (unpaired) electrons. The lowest BCUT2D eigenvalue weighted by Crippen LogP contribution is -1.98. The summed E-state index contributed by atoms with van der Waals surface area (Å²) >= 11 is 10.6. The molecule has 0 saturated heterocycles. The van der Waals surface area contributed by atoms with Crippen molar-refractivity contribution in [3.05, 3.63) is 147 Å². The molecule has 0 amide bonds. The highest BCUT2D eigenvalue weighted by Gasteiger charge is 2.05. The SMILES string of the molecule is Brc1ccc(-c2ccccc2)c2ccccc12.Brc1ccc(Br)c2ccccc12.O[B]Oc1ccccc1. The quantitative estimate of drug-likeness (QED) is 0.188. The molecule has 0 aliphatic carbocycles. The van der Waals surface area contributed by atoms with Gasteiger partial charge in [-0.05, 0) is 63.0 Å². The summed E-state index contributed by atoms with van der Waals surface area (Å²) in [6.07, 6.45) is 0.